The largest absolute Gasteiger partial charge is 0.618 e. The Balaban J connectivity index is 1.46. The van der Waals surface area contributed by atoms with Gasteiger partial charge in [0.1, 0.15) is 0 Å². The van der Waals surface area contributed by atoms with E-state index >= 15 is 0 Å². The van der Waals surface area contributed by atoms with Crippen LogP contribution in [0.1, 0.15) is 31.2 Å². The summed E-state index contributed by atoms with van der Waals surface area (Å²) < 4.78 is 0.825. The Morgan fingerprint density at radius 3 is 2.41 bits per heavy atom. The van der Waals surface area contributed by atoms with Crippen molar-refractivity contribution in [3.63, 3.8) is 0 Å². The van der Waals surface area contributed by atoms with Crippen molar-refractivity contribution in [1.29, 1.82) is 0 Å². The predicted octanol–water partition coefficient (Wildman–Crippen LogP) is 2.10. The second-order valence-electron chi connectivity index (χ2n) is 7.28. The van der Waals surface area contributed by atoms with Crippen molar-refractivity contribution >= 4 is 11.8 Å². The lowest BCUT2D eigenvalue weighted by Gasteiger charge is -2.37. The maximum absolute atomic E-state index is 12.5. The quantitative estimate of drug-likeness (QED) is 0.473. The number of piperazine rings is 1. The van der Waals surface area contributed by atoms with Crippen LogP contribution in [0.4, 0.5) is 0 Å². The summed E-state index contributed by atoms with van der Waals surface area (Å²) in [5.74, 6) is -0.859. The average molecular weight is 365 g/mol. The first-order valence-corrected chi connectivity index (χ1v) is 9.51. The summed E-state index contributed by atoms with van der Waals surface area (Å²) in [4.78, 5) is 28.3. The lowest BCUT2D eigenvalue weighted by atomic mass is 10.1. The molecule has 1 aromatic heterocycles. The Kier molecular flexibility index (Phi) is 4.79. The third-order valence-corrected chi connectivity index (χ3v) is 5.53. The Morgan fingerprint density at radius 1 is 0.963 bits per heavy atom. The monoisotopic (exact) mass is 365 g/mol. The number of carbonyl (C=O) groups excluding carboxylic acids is 2. The number of hydrogen-bond acceptors (Lipinski definition) is 3. The molecule has 4 rings (SSSR count). The average Bonchev–Trinajstić information content (AvgIpc) is 3.21. The minimum atomic E-state index is -0.460. The number of rotatable bonds is 4. The molecule has 0 unspecified atom stereocenters. The molecule has 0 spiro atoms. The van der Waals surface area contributed by atoms with E-state index in [2.05, 4.69) is 0 Å². The van der Waals surface area contributed by atoms with E-state index in [9.17, 15) is 14.8 Å². The zero-order valence-electron chi connectivity index (χ0n) is 15.2. The second kappa shape index (κ2) is 7.39. The highest BCUT2D eigenvalue weighted by molar-refractivity contribution is 6.35. The molecule has 1 saturated carbocycles. The third kappa shape index (κ3) is 3.52. The van der Waals surface area contributed by atoms with Gasteiger partial charge in [-0.3, -0.25) is 9.59 Å². The van der Waals surface area contributed by atoms with Crippen molar-refractivity contribution in [2.45, 2.75) is 38.3 Å². The van der Waals surface area contributed by atoms with Gasteiger partial charge in [0.2, 0.25) is 5.69 Å². The lowest BCUT2D eigenvalue weighted by molar-refractivity contribution is -0.594. The van der Waals surface area contributed by atoms with Crippen molar-refractivity contribution in [2.75, 3.05) is 13.1 Å². The van der Waals surface area contributed by atoms with Crippen LogP contribution in [-0.2, 0) is 16.1 Å². The third-order valence-electron chi connectivity index (χ3n) is 5.53. The Labute approximate surface area is 158 Å². The molecule has 0 atom stereocenters. The summed E-state index contributed by atoms with van der Waals surface area (Å²) in [5, 5.41) is 12.4. The smallest absolute Gasteiger partial charge is 0.312 e. The minimum absolute atomic E-state index is 0.220. The molecule has 27 heavy (non-hydrogen) atoms. The molecule has 2 fully saturated rings. The van der Waals surface area contributed by atoms with Crippen LogP contribution in [0.15, 0.2) is 48.7 Å². The fourth-order valence-electron chi connectivity index (χ4n) is 4.07. The highest BCUT2D eigenvalue weighted by atomic mass is 16.5. The van der Waals surface area contributed by atoms with Crippen molar-refractivity contribution in [3.05, 3.63) is 59.4 Å². The van der Waals surface area contributed by atoms with Gasteiger partial charge in [0.05, 0.1) is 6.54 Å². The van der Waals surface area contributed by atoms with Gasteiger partial charge in [0, 0.05) is 36.3 Å². The molecule has 6 heteroatoms. The van der Waals surface area contributed by atoms with Crippen molar-refractivity contribution in [1.82, 2.24) is 9.80 Å². The first-order chi connectivity index (χ1) is 13.1. The van der Waals surface area contributed by atoms with Gasteiger partial charge in [0.25, 0.3) is 0 Å². The Bertz CT molecular complexity index is 847. The number of carbonyl (C=O) groups is 2. The maximum atomic E-state index is 12.5. The minimum Gasteiger partial charge on any atom is -0.618 e. The number of hydrogen-bond donors (Lipinski definition) is 0. The summed E-state index contributed by atoms with van der Waals surface area (Å²) in [6.07, 6.45) is 5.74. The molecule has 140 valence electrons. The van der Waals surface area contributed by atoms with Gasteiger partial charge in [-0.2, -0.15) is 4.73 Å². The van der Waals surface area contributed by atoms with Crippen molar-refractivity contribution in [3.8, 4) is 11.3 Å². The zero-order valence-corrected chi connectivity index (χ0v) is 15.2. The van der Waals surface area contributed by atoms with E-state index in [1.54, 1.807) is 15.9 Å². The molecule has 0 N–H and O–H groups in total. The summed E-state index contributed by atoms with van der Waals surface area (Å²) >= 11 is 0. The number of pyridine rings is 1. The van der Waals surface area contributed by atoms with Gasteiger partial charge in [-0.15, -0.1) is 0 Å². The van der Waals surface area contributed by atoms with Gasteiger partial charge in [-0.25, -0.2) is 0 Å². The first-order valence-electron chi connectivity index (χ1n) is 9.51. The number of nitrogens with zero attached hydrogens (tertiary/aromatic N) is 3. The van der Waals surface area contributed by atoms with Gasteiger partial charge in [0.15, 0.2) is 6.20 Å². The van der Waals surface area contributed by atoms with Crippen molar-refractivity contribution < 1.29 is 14.3 Å². The molecule has 1 aliphatic heterocycles. The molecule has 0 bridgehead atoms. The van der Waals surface area contributed by atoms with Gasteiger partial charge >= 0.3 is 11.8 Å². The van der Waals surface area contributed by atoms with E-state index < -0.39 is 11.8 Å². The number of aromatic nitrogens is 1. The van der Waals surface area contributed by atoms with Crippen LogP contribution in [0.2, 0.25) is 0 Å². The molecule has 2 amide bonds. The predicted molar refractivity (Wildman–Crippen MR) is 100 cm³/mol. The van der Waals surface area contributed by atoms with Gasteiger partial charge < -0.3 is 15.0 Å². The highest BCUT2D eigenvalue weighted by Crippen LogP contribution is 2.25. The lowest BCUT2D eigenvalue weighted by Crippen LogP contribution is -2.56. The molecule has 2 aromatic rings. The Hall–Kier alpha value is -2.89. The summed E-state index contributed by atoms with van der Waals surface area (Å²) in [5.41, 5.74) is 2.13. The molecule has 1 aliphatic carbocycles. The summed E-state index contributed by atoms with van der Waals surface area (Å²) in [7, 11) is 0. The fourth-order valence-corrected chi connectivity index (χ4v) is 4.07. The van der Waals surface area contributed by atoms with Crippen LogP contribution < -0.4 is 4.73 Å². The normalized spacial score (nSPS) is 18.4. The van der Waals surface area contributed by atoms with E-state index in [1.807, 2.05) is 36.4 Å². The second-order valence-corrected chi connectivity index (χ2v) is 7.28. The Morgan fingerprint density at radius 2 is 1.70 bits per heavy atom. The van der Waals surface area contributed by atoms with E-state index in [4.69, 9.17) is 0 Å². The summed E-state index contributed by atoms with van der Waals surface area (Å²) in [6.45, 7) is 1.37. The molecule has 2 aliphatic rings. The van der Waals surface area contributed by atoms with E-state index in [1.165, 1.54) is 6.20 Å². The van der Waals surface area contributed by atoms with Crippen LogP contribution in [0.3, 0.4) is 0 Å². The van der Waals surface area contributed by atoms with Crippen LogP contribution in [0.25, 0.3) is 11.3 Å². The molecular weight excluding hydrogens is 342 g/mol. The van der Waals surface area contributed by atoms with Crippen LogP contribution in [0, 0.1) is 5.21 Å². The van der Waals surface area contributed by atoms with Crippen LogP contribution >= 0.6 is 0 Å². The van der Waals surface area contributed by atoms with E-state index in [0.717, 1.165) is 41.5 Å². The van der Waals surface area contributed by atoms with E-state index in [-0.39, 0.29) is 12.6 Å². The summed E-state index contributed by atoms with van der Waals surface area (Å²) in [6, 6.07) is 13.3. The SMILES string of the molecule is O=C1C(=O)N(C2CCCC2)CCN1Cc1ccc(-c2ccccc2)[n+]([O-])c1. The van der Waals surface area contributed by atoms with Crippen molar-refractivity contribution in [2.24, 2.45) is 0 Å². The maximum Gasteiger partial charge on any atom is 0.312 e. The highest BCUT2D eigenvalue weighted by Gasteiger charge is 2.37. The van der Waals surface area contributed by atoms with E-state index in [0.29, 0.717) is 18.8 Å². The number of amides is 2. The number of benzene rings is 1. The molecule has 0 radical (unpaired) electrons. The molecule has 2 heterocycles. The zero-order chi connectivity index (χ0) is 18.8. The molecule has 1 aromatic carbocycles. The molecule has 6 nitrogen and oxygen atoms in total. The first kappa shape index (κ1) is 17.5. The van der Waals surface area contributed by atoms with Crippen LogP contribution in [0.5, 0.6) is 0 Å². The standard InChI is InChI=1S/C21H23N3O3/c25-20-21(26)23(18-8-4-5-9-18)13-12-22(20)14-16-10-11-19(24(27)15-16)17-6-2-1-3-7-17/h1-3,6-7,10-11,15,18H,4-5,8-9,12-14H2. The van der Waals surface area contributed by atoms with Gasteiger partial charge in [-0.1, -0.05) is 31.0 Å². The fraction of sp³-hybridized carbons (Fsp3) is 0.381. The van der Waals surface area contributed by atoms with Crippen LogP contribution in [-0.4, -0.2) is 40.7 Å². The van der Waals surface area contributed by atoms with Gasteiger partial charge in [-0.05, 0) is 31.0 Å². The molecule has 1 saturated heterocycles. The topological polar surface area (TPSA) is 67.6 Å². The molecular formula is C21H23N3O3.